The number of carbonyl (C=O) groups is 4. The van der Waals surface area contributed by atoms with E-state index in [4.69, 9.17) is 37.0 Å². The lowest BCUT2D eigenvalue weighted by Gasteiger charge is -2.21. The topological polar surface area (TPSA) is 237 Å². The smallest absolute Gasteiger partial charge is 0.462 e. The molecule has 0 aliphatic heterocycles. The summed E-state index contributed by atoms with van der Waals surface area (Å²) in [6.07, 6.45) is 85.2. The Morgan fingerprint density at radius 2 is 0.520 bits per heavy atom. The second kappa shape index (κ2) is 74.0. The zero-order chi connectivity index (χ0) is 74.6. The van der Waals surface area contributed by atoms with E-state index in [-0.39, 0.29) is 25.7 Å². The van der Waals surface area contributed by atoms with Gasteiger partial charge in [0.15, 0.2) is 12.2 Å². The Hall–Kier alpha value is -5.32. The van der Waals surface area contributed by atoms with Crippen LogP contribution in [-0.2, 0) is 65.4 Å². The van der Waals surface area contributed by atoms with E-state index >= 15 is 0 Å². The van der Waals surface area contributed by atoms with Crippen molar-refractivity contribution < 1.29 is 80.2 Å². The van der Waals surface area contributed by atoms with Crippen LogP contribution in [0.25, 0.3) is 0 Å². The molecule has 102 heavy (non-hydrogen) atoms. The molecule has 0 aliphatic carbocycles. The van der Waals surface area contributed by atoms with Crippen LogP contribution in [0, 0.1) is 0 Å². The minimum absolute atomic E-state index is 0.0612. The Bertz CT molecular complexity index is 2550. The van der Waals surface area contributed by atoms with Crippen molar-refractivity contribution in [2.45, 2.75) is 303 Å². The number of aliphatic hydroxyl groups excluding tert-OH is 1. The molecule has 0 aromatic carbocycles. The molecular weight excluding hydrogens is 1330 g/mol. The minimum atomic E-state index is -5.00. The fraction of sp³-hybridized carbons (Fsp3) is 0.639. The lowest BCUT2D eigenvalue weighted by atomic mass is 10.1. The third-order valence-corrected chi connectivity index (χ3v) is 17.4. The van der Waals surface area contributed by atoms with Gasteiger partial charge in [-0.1, -0.05) is 256 Å². The highest BCUT2D eigenvalue weighted by Crippen LogP contribution is 2.45. The molecule has 0 aliphatic rings. The summed E-state index contributed by atoms with van der Waals surface area (Å²) < 4.78 is 68.5. The van der Waals surface area contributed by atoms with Gasteiger partial charge in [-0.15, -0.1) is 0 Å². The third kappa shape index (κ3) is 73.0. The number of aliphatic hydroxyl groups is 1. The summed E-state index contributed by atoms with van der Waals surface area (Å²) in [4.78, 5) is 72.9. The number of hydrogen-bond acceptors (Lipinski definition) is 15. The number of carbonyl (C=O) groups excluding carboxylic acids is 4. The maximum Gasteiger partial charge on any atom is 0.472 e. The van der Waals surface area contributed by atoms with Crippen molar-refractivity contribution in [2.75, 3.05) is 39.6 Å². The number of ether oxygens (including phenoxy) is 4. The fourth-order valence-electron chi connectivity index (χ4n) is 9.67. The molecule has 5 atom stereocenters. The first kappa shape index (κ1) is 96.7. The van der Waals surface area contributed by atoms with Crippen LogP contribution >= 0.6 is 15.6 Å². The van der Waals surface area contributed by atoms with Gasteiger partial charge in [0.1, 0.15) is 19.3 Å². The highest BCUT2D eigenvalue weighted by atomic mass is 31.2. The van der Waals surface area contributed by atoms with Crippen molar-refractivity contribution in [2.24, 2.45) is 0 Å². The van der Waals surface area contributed by atoms with E-state index in [2.05, 4.69) is 174 Å². The average molecular weight is 1470 g/mol. The highest BCUT2D eigenvalue weighted by Gasteiger charge is 2.30. The number of unbranched alkanes of at least 4 members (excludes halogenated alkanes) is 19. The van der Waals surface area contributed by atoms with Crippen LogP contribution in [0.1, 0.15) is 285 Å². The van der Waals surface area contributed by atoms with E-state index < -0.39 is 97.5 Å². The van der Waals surface area contributed by atoms with E-state index in [1.54, 1.807) is 0 Å². The molecular formula is C83H136O17P2. The molecule has 0 heterocycles. The van der Waals surface area contributed by atoms with Crippen LogP contribution in [0.3, 0.4) is 0 Å². The fourth-order valence-corrected chi connectivity index (χ4v) is 11.2. The summed E-state index contributed by atoms with van der Waals surface area (Å²) in [6.45, 7) is 4.37. The molecule has 0 aromatic rings. The first-order chi connectivity index (χ1) is 49.7. The average Bonchev–Trinajstić information content (AvgIpc) is 0.923. The molecule has 0 rings (SSSR count). The second-order valence-electron chi connectivity index (χ2n) is 25.1. The summed E-state index contributed by atoms with van der Waals surface area (Å²) >= 11 is 0. The lowest BCUT2D eigenvalue weighted by molar-refractivity contribution is -0.161. The van der Waals surface area contributed by atoms with Gasteiger partial charge in [-0.2, -0.15) is 0 Å². The number of phosphoric ester groups is 2. The van der Waals surface area contributed by atoms with Crippen LogP contribution in [0.4, 0.5) is 0 Å². The molecule has 19 heteroatoms. The van der Waals surface area contributed by atoms with Gasteiger partial charge >= 0.3 is 39.5 Å². The Balaban J connectivity index is 5.46. The van der Waals surface area contributed by atoms with Gasteiger partial charge in [-0.3, -0.25) is 37.3 Å². The van der Waals surface area contributed by atoms with Crippen molar-refractivity contribution >= 4 is 39.5 Å². The predicted molar refractivity (Wildman–Crippen MR) is 417 cm³/mol. The molecule has 5 unspecified atom stereocenters. The van der Waals surface area contributed by atoms with E-state index in [1.165, 1.54) is 19.3 Å². The molecule has 580 valence electrons. The maximum absolute atomic E-state index is 13.1. The maximum atomic E-state index is 13.1. The van der Waals surface area contributed by atoms with E-state index in [0.29, 0.717) is 32.1 Å². The Morgan fingerprint density at radius 1 is 0.284 bits per heavy atom. The molecule has 0 bridgehead atoms. The van der Waals surface area contributed by atoms with Crippen LogP contribution < -0.4 is 0 Å². The van der Waals surface area contributed by atoms with Gasteiger partial charge in [0, 0.05) is 25.7 Å². The third-order valence-electron chi connectivity index (χ3n) is 15.5. The van der Waals surface area contributed by atoms with Crippen molar-refractivity contribution in [3.63, 3.8) is 0 Å². The van der Waals surface area contributed by atoms with Gasteiger partial charge in [-0.25, -0.2) is 9.13 Å². The molecule has 0 amide bonds. The lowest BCUT2D eigenvalue weighted by Crippen LogP contribution is -2.30. The Labute approximate surface area is 617 Å². The minimum Gasteiger partial charge on any atom is -0.462 e. The Morgan fingerprint density at radius 3 is 0.824 bits per heavy atom. The van der Waals surface area contributed by atoms with Gasteiger partial charge in [0.2, 0.25) is 0 Å². The standard InChI is InChI=1S/C83H136O17P2/c1-5-9-13-17-21-25-29-33-37-38-42-44-48-52-56-60-64-68-81(86)94-74-79(100-83(88)70-66-62-58-54-50-46-41-36-32-28-24-20-16-12-8-4)76-98-102(91,92)96-72-77(84)71-95-101(89,90)97-75-78(99-82(87)69-65-61-57-53-49-45-40-35-31-27-23-19-15-11-7-3)73-93-80(85)67-63-59-55-51-47-43-39-34-30-26-22-18-14-10-6-2/h9-11,13-15,21-28,33-37,39-42,44,52,56,77-79,84H,5-8,12,16-20,29-32,38,43,45-51,53-55,57-76H2,1-4H3,(H,89,90)(H,91,92)/b13-9-,14-10-,15-11-,25-21-,26-22-,27-23-,28-24-,37-33-,39-34-,40-35-,41-36-,44-42-,56-52-. The SMILES string of the molecule is CC/C=C\C/C=C\C/C=C\C/C=C\C/C=C\CCCC(=O)OCC(COP(=O)(O)OCC(O)COP(=O)(O)OCC(COC(=O)CCCCCCC/C=C\C/C=C\C/C=C\CC)OC(=O)CCCCCCC/C=C\C/C=C\C/C=C\CC)OC(=O)CCCCCCC/C=C\C/C=C\CCCCC. The molecule has 0 saturated heterocycles. The molecule has 0 spiro atoms. The normalized spacial score (nSPS) is 14.8. The number of hydrogen-bond donors (Lipinski definition) is 3. The first-order valence-corrected chi connectivity index (χ1v) is 41.7. The second-order valence-corrected chi connectivity index (χ2v) is 28.1. The monoisotopic (exact) mass is 1470 g/mol. The predicted octanol–water partition coefficient (Wildman–Crippen LogP) is 22.4. The van der Waals surface area contributed by atoms with Crippen molar-refractivity contribution in [3.05, 3.63) is 158 Å². The van der Waals surface area contributed by atoms with E-state index in [9.17, 15) is 43.2 Å². The zero-order valence-electron chi connectivity index (χ0n) is 63.2. The summed E-state index contributed by atoms with van der Waals surface area (Å²) in [5.41, 5.74) is 0. The van der Waals surface area contributed by atoms with Gasteiger partial charge in [0.25, 0.3) is 0 Å². The van der Waals surface area contributed by atoms with Crippen LogP contribution in [0.2, 0.25) is 0 Å². The molecule has 0 saturated carbocycles. The van der Waals surface area contributed by atoms with Crippen LogP contribution in [-0.4, -0.2) is 96.7 Å². The molecule has 0 fully saturated rings. The van der Waals surface area contributed by atoms with Gasteiger partial charge in [-0.05, 0) is 161 Å². The summed E-state index contributed by atoms with van der Waals surface area (Å²) in [5, 5.41) is 10.6. The molecule has 3 N–H and O–H groups in total. The van der Waals surface area contributed by atoms with Crippen molar-refractivity contribution in [3.8, 4) is 0 Å². The van der Waals surface area contributed by atoms with Crippen LogP contribution in [0.15, 0.2) is 158 Å². The number of phosphoric acid groups is 2. The van der Waals surface area contributed by atoms with Gasteiger partial charge in [0.05, 0.1) is 26.4 Å². The summed E-state index contributed by atoms with van der Waals surface area (Å²) in [5.74, 6) is -2.31. The van der Waals surface area contributed by atoms with Crippen LogP contribution in [0.5, 0.6) is 0 Å². The first-order valence-electron chi connectivity index (χ1n) is 38.7. The highest BCUT2D eigenvalue weighted by molar-refractivity contribution is 7.47. The Kier molecular flexibility index (Phi) is 70.1. The molecule has 0 aromatic heterocycles. The largest absolute Gasteiger partial charge is 0.472 e. The van der Waals surface area contributed by atoms with E-state index in [0.717, 1.165) is 180 Å². The summed E-state index contributed by atoms with van der Waals surface area (Å²) in [6, 6.07) is 0. The summed E-state index contributed by atoms with van der Waals surface area (Å²) in [7, 11) is -9.99. The van der Waals surface area contributed by atoms with Crippen molar-refractivity contribution in [1.82, 2.24) is 0 Å². The van der Waals surface area contributed by atoms with Gasteiger partial charge < -0.3 is 33.8 Å². The van der Waals surface area contributed by atoms with E-state index in [1.807, 2.05) is 12.2 Å². The molecule has 17 nitrogen and oxygen atoms in total. The zero-order valence-corrected chi connectivity index (χ0v) is 65.0. The number of esters is 4. The quantitative estimate of drug-likeness (QED) is 0.0169. The molecule has 0 radical (unpaired) electrons. The number of allylic oxidation sites excluding steroid dienone is 26. The van der Waals surface area contributed by atoms with Crippen molar-refractivity contribution in [1.29, 1.82) is 0 Å². The number of rotatable bonds is 71.